The number of non-ortho nitro benzene ring substituents is 1. The van der Waals surface area contributed by atoms with Gasteiger partial charge in [0, 0.05) is 6.07 Å². The van der Waals surface area contributed by atoms with E-state index in [1.165, 1.54) is 0 Å². The third kappa shape index (κ3) is 3.19. The van der Waals surface area contributed by atoms with Crippen LogP contribution in [0.25, 0.3) is 0 Å². The molecule has 1 amide bonds. The zero-order valence-corrected chi connectivity index (χ0v) is 11.0. The van der Waals surface area contributed by atoms with Gasteiger partial charge < -0.3 is 11.5 Å². The van der Waals surface area contributed by atoms with Gasteiger partial charge in [0.2, 0.25) is 15.9 Å². The van der Waals surface area contributed by atoms with Gasteiger partial charge in [-0.1, -0.05) is 0 Å². The zero-order chi connectivity index (χ0) is 15.7. The fourth-order valence-electron chi connectivity index (χ4n) is 1.34. The molecule has 20 heavy (non-hydrogen) atoms. The van der Waals surface area contributed by atoms with Crippen LogP contribution in [0.3, 0.4) is 0 Å². The Hall–Kier alpha value is -2.27. The fraction of sp³-hybridized carbons (Fsp3) is 0.222. The van der Waals surface area contributed by atoms with Crippen molar-refractivity contribution >= 4 is 27.3 Å². The van der Waals surface area contributed by atoms with Gasteiger partial charge >= 0.3 is 0 Å². The summed E-state index contributed by atoms with van der Waals surface area (Å²) in [6.45, 7) is 1.15. The van der Waals surface area contributed by atoms with Gasteiger partial charge in [-0.05, 0) is 6.92 Å². The molecule has 110 valence electrons. The maximum Gasteiger partial charge on any atom is 0.274 e. The molecule has 0 aliphatic rings. The molecule has 0 spiro atoms. The van der Waals surface area contributed by atoms with Crippen LogP contribution in [0.15, 0.2) is 17.0 Å². The molecule has 1 atom stereocenters. The number of halogens is 1. The zero-order valence-electron chi connectivity index (χ0n) is 10.2. The van der Waals surface area contributed by atoms with E-state index in [0.717, 1.165) is 6.92 Å². The summed E-state index contributed by atoms with van der Waals surface area (Å²) in [4.78, 5) is 19.4. The number of hydrogen-bond acceptors (Lipinski definition) is 6. The highest BCUT2D eigenvalue weighted by Gasteiger charge is 2.28. The standard InChI is InChI=1S/C9H11FN4O5S/c1-4(9(12)15)13-20(18,19)8-6(10)2-5(14(16)17)3-7(8)11/h2-4,13H,11H2,1H3,(H2,12,15). The Balaban J connectivity index is 3.33. The summed E-state index contributed by atoms with van der Waals surface area (Å²) in [5, 5.41) is 10.5. The van der Waals surface area contributed by atoms with Crippen LogP contribution in [0, 0.1) is 15.9 Å². The number of anilines is 1. The van der Waals surface area contributed by atoms with E-state index in [2.05, 4.69) is 0 Å². The second-order valence-corrected chi connectivity index (χ2v) is 5.50. The highest BCUT2D eigenvalue weighted by atomic mass is 32.2. The fourth-order valence-corrected chi connectivity index (χ4v) is 2.72. The highest BCUT2D eigenvalue weighted by Crippen LogP contribution is 2.27. The summed E-state index contributed by atoms with van der Waals surface area (Å²) < 4.78 is 39.2. The first-order valence-electron chi connectivity index (χ1n) is 5.11. The summed E-state index contributed by atoms with van der Waals surface area (Å²) in [6, 6.07) is -0.180. The SMILES string of the molecule is CC(NS(=O)(=O)c1c(N)cc([N+](=O)[O-])cc1F)C(N)=O. The lowest BCUT2D eigenvalue weighted by molar-refractivity contribution is -0.385. The van der Waals surface area contributed by atoms with E-state index in [-0.39, 0.29) is 0 Å². The van der Waals surface area contributed by atoms with Gasteiger partial charge in [-0.3, -0.25) is 14.9 Å². The number of amides is 1. The first-order valence-corrected chi connectivity index (χ1v) is 6.59. The number of carbonyl (C=O) groups is 1. The lowest BCUT2D eigenvalue weighted by Gasteiger charge is -2.13. The minimum Gasteiger partial charge on any atom is -0.397 e. The van der Waals surface area contributed by atoms with Crippen molar-refractivity contribution in [3.8, 4) is 0 Å². The molecule has 1 aromatic carbocycles. The van der Waals surface area contributed by atoms with Crippen LogP contribution >= 0.6 is 0 Å². The molecular formula is C9H11FN4O5S. The molecule has 1 rings (SSSR count). The Morgan fingerprint density at radius 3 is 2.45 bits per heavy atom. The number of primary amides is 1. The molecule has 1 aromatic rings. The highest BCUT2D eigenvalue weighted by molar-refractivity contribution is 7.89. The maximum absolute atomic E-state index is 13.7. The molecule has 5 N–H and O–H groups in total. The minimum absolute atomic E-state index is 0.417. The van der Waals surface area contributed by atoms with Crippen molar-refractivity contribution in [3.05, 3.63) is 28.1 Å². The molecule has 11 heteroatoms. The van der Waals surface area contributed by atoms with Gasteiger partial charge in [0.05, 0.1) is 22.7 Å². The molecule has 1 unspecified atom stereocenters. The predicted molar refractivity (Wildman–Crippen MR) is 66.4 cm³/mol. The van der Waals surface area contributed by atoms with Crippen molar-refractivity contribution in [2.24, 2.45) is 5.73 Å². The van der Waals surface area contributed by atoms with E-state index in [1.54, 1.807) is 0 Å². The van der Waals surface area contributed by atoms with Crippen molar-refractivity contribution in [2.75, 3.05) is 5.73 Å². The molecule has 0 saturated heterocycles. The quantitative estimate of drug-likeness (QED) is 0.376. The smallest absolute Gasteiger partial charge is 0.274 e. The largest absolute Gasteiger partial charge is 0.397 e. The Bertz CT molecular complexity index is 652. The molecular weight excluding hydrogens is 295 g/mol. The number of nitrogens with one attached hydrogen (secondary N) is 1. The number of nitrogens with two attached hydrogens (primary N) is 2. The minimum atomic E-state index is -4.48. The number of hydrogen-bond donors (Lipinski definition) is 3. The average molecular weight is 306 g/mol. The van der Waals surface area contributed by atoms with Crippen LogP contribution in [0.2, 0.25) is 0 Å². The molecule has 0 bridgehead atoms. The number of sulfonamides is 1. The van der Waals surface area contributed by atoms with E-state index in [4.69, 9.17) is 11.5 Å². The van der Waals surface area contributed by atoms with Crippen LogP contribution in [-0.4, -0.2) is 25.3 Å². The summed E-state index contributed by atoms with van der Waals surface area (Å²) in [7, 11) is -4.48. The number of benzene rings is 1. The number of nitrogens with zero attached hydrogens (tertiary/aromatic N) is 1. The third-order valence-electron chi connectivity index (χ3n) is 2.30. The second-order valence-electron chi connectivity index (χ2n) is 3.85. The molecule has 0 aliphatic carbocycles. The van der Waals surface area contributed by atoms with E-state index >= 15 is 0 Å². The third-order valence-corrected chi connectivity index (χ3v) is 3.93. The molecule has 0 heterocycles. The number of nitrogen functional groups attached to an aromatic ring is 1. The Morgan fingerprint density at radius 1 is 1.50 bits per heavy atom. The van der Waals surface area contributed by atoms with Gasteiger partial charge in [0.15, 0.2) is 5.82 Å². The van der Waals surface area contributed by atoms with Crippen LogP contribution < -0.4 is 16.2 Å². The average Bonchev–Trinajstić information content (AvgIpc) is 2.26. The first kappa shape index (κ1) is 15.8. The molecule has 0 aromatic heterocycles. The Labute approximate surface area is 112 Å². The summed E-state index contributed by atoms with van der Waals surface area (Å²) >= 11 is 0. The lowest BCUT2D eigenvalue weighted by atomic mass is 10.3. The Morgan fingerprint density at radius 2 is 2.05 bits per heavy atom. The molecule has 0 radical (unpaired) electrons. The molecule has 0 aliphatic heterocycles. The predicted octanol–water partition coefficient (Wildman–Crippen LogP) is -0.532. The van der Waals surface area contributed by atoms with E-state index < -0.39 is 49.0 Å². The van der Waals surface area contributed by atoms with Crippen LogP contribution in [-0.2, 0) is 14.8 Å². The monoisotopic (exact) mass is 306 g/mol. The van der Waals surface area contributed by atoms with Gasteiger partial charge in [-0.25, -0.2) is 12.8 Å². The van der Waals surface area contributed by atoms with E-state index in [9.17, 15) is 27.7 Å². The molecule has 0 saturated carbocycles. The molecule has 9 nitrogen and oxygen atoms in total. The first-order chi connectivity index (χ1) is 9.06. The van der Waals surface area contributed by atoms with Crippen LogP contribution in [0.5, 0.6) is 0 Å². The van der Waals surface area contributed by atoms with Crippen molar-refractivity contribution < 1.29 is 22.5 Å². The van der Waals surface area contributed by atoms with Gasteiger partial charge in [-0.15, -0.1) is 0 Å². The van der Waals surface area contributed by atoms with Crippen molar-refractivity contribution in [2.45, 2.75) is 17.9 Å². The number of nitro benzene ring substituents is 1. The lowest BCUT2D eigenvalue weighted by Crippen LogP contribution is -2.42. The van der Waals surface area contributed by atoms with Gasteiger partial charge in [0.1, 0.15) is 4.90 Å². The van der Waals surface area contributed by atoms with E-state index in [0.29, 0.717) is 12.1 Å². The number of carbonyl (C=O) groups excluding carboxylic acids is 1. The van der Waals surface area contributed by atoms with Crippen molar-refractivity contribution in [3.63, 3.8) is 0 Å². The van der Waals surface area contributed by atoms with Crippen LogP contribution in [0.1, 0.15) is 6.92 Å². The summed E-state index contributed by atoms with van der Waals surface area (Å²) in [6.07, 6.45) is 0. The summed E-state index contributed by atoms with van der Waals surface area (Å²) in [5.41, 5.74) is 8.85. The normalized spacial score (nSPS) is 12.9. The molecule has 0 fully saturated rings. The maximum atomic E-state index is 13.7. The van der Waals surface area contributed by atoms with Gasteiger partial charge in [0.25, 0.3) is 5.69 Å². The number of rotatable bonds is 5. The number of nitro groups is 1. The topological polar surface area (TPSA) is 158 Å². The van der Waals surface area contributed by atoms with E-state index in [1.807, 2.05) is 4.72 Å². The van der Waals surface area contributed by atoms with Crippen LogP contribution in [0.4, 0.5) is 15.8 Å². The Kier molecular flexibility index (Phi) is 4.25. The second kappa shape index (κ2) is 5.38. The van der Waals surface area contributed by atoms with Crippen molar-refractivity contribution in [1.29, 1.82) is 0 Å². The summed E-state index contributed by atoms with van der Waals surface area (Å²) in [5.74, 6) is -2.38. The van der Waals surface area contributed by atoms with Gasteiger partial charge in [-0.2, -0.15) is 4.72 Å². The van der Waals surface area contributed by atoms with Crippen molar-refractivity contribution in [1.82, 2.24) is 4.72 Å².